The lowest BCUT2D eigenvalue weighted by Crippen LogP contribution is -2.53. The molecule has 2 fully saturated rings. The molecule has 0 aliphatic carbocycles. The van der Waals surface area contributed by atoms with Crippen LogP contribution >= 0.6 is 24.0 Å². The topological polar surface area (TPSA) is 86.2 Å². The van der Waals surface area contributed by atoms with Crippen molar-refractivity contribution in [1.82, 2.24) is 25.1 Å². The number of guanidine groups is 1. The molecule has 1 aromatic rings. The Balaban J connectivity index is 0.00000363. The number of amides is 1. The Kier molecular flexibility index (Phi) is 10.2. The Hall–Kier alpha value is -1.85. The maximum Gasteiger partial charge on any atom is 0.410 e. The second-order valence-corrected chi connectivity index (χ2v) is 9.22. The molecule has 0 radical (unpaired) electrons. The Morgan fingerprint density at radius 3 is 2.47 bits per heavy atom. The zero-order chi connectivity index (χ0) is 22.3. The third kappa shape index (κ3) is 7.93. The Labute approximate surface area is 209 Å². The smallest absolute Gasteiger partial charge is 0.410 e. The molecular formula is C22H38IN7O2. The number of aliphatic imine (C=N–C) groups is 1. The molecule has 0 aromatic carbocycles. The van der Waals surface area contributed by atoms with Crippen LogP contribution in [-0.2, 0) is 4.74 Å². The first-order valence-corrected chi connectivity index (χ1v) is 11.3. The van der Waals surface area contributed by atoms with E-state index in [-0.39, 0.29) is 30.1 Å². The van der Waals surface area contributed by atoms with Gasteiger partial charge in [-0.3, -0.25) is 4.99 Å². The first-order valence-electron chi connectivity index (χ1n) is 11.3. The summed E-state index contributed by atoms with van der Waals surface area (Å²) in [5, 5.41) is 3.51. The van der Waals surface area contributed by atoms with Gasteiger partial charge in [-0.25, -0.2) is 14.8 Å². The highest BCUT2D eigenvalue weighted by atomic mass is 127. The average Bonchev–Trinajstić information content (AvgIpc) is 2.77. The summed E-state index contributed by atoms with van der Waals surface area (Å²) in [6, 6.07) is 1.84. The fourth-order valence-corrected chi connectivity index (χ4v) is 4.09. The molecule has 0 spiro atoms. The minimum Gasteiger partial charge on any atom is -0.444 e. The van der Waals surface area contributed by atoms with Gasteiger partial charge < -0.3 is 24.8 Å². The maximum atomic E-state index is 12.4. The number of carbonyl (C=O) groups is 1. The fraction of sp³-hybridized carbons (Fsp3) is 0.727. The van der Waals surface area contributed by atoms with Crippen LogP contribution in [0.1, 0.15) is 40.0 Å². The Bertz CT molecular complexity index is 734. The molecule has 1 amide bonds. The van der Waals surface area contributed by atoms with Crippen molar-refractivity contribution in [3.05, 3.63) is 18.5 Å². The predicted molar refractivity (Wildman–Crippen MR) is 138 cm³/mol. The zero-order valence-electron chi connectivity index (χ0n) is 19.8. The van der Waals surface area contributed by atoms with Crippen molar-refractivity contribution in [3.8, 4) is 0 Å². The van der Waals surface area contributed by atoms with E-state index in [0.29, 0.717) is 5.92 Å². The lowest BCUT2D eigenvalue weighted by molar-refractivity contribution is 0.0162. The number of nitrogens with zero attached hydrogens (tertiary/aromatic N) is 6. The van der Waals surface area contributed by atoms with Crippen molar-refractivity contribution in [2.45, 2.75) is 45.6 Å². The monoisotopic (exact) mass is 559 g/mol. The second kappa shape index (κ2) is 12.4. The van der Waals surface area contributed by atoms with E-state index < -0.39 is 5.60 Å². The van der Waals surface area contributed by atoms with Gasteiger partial charge in [-0.2, -0.15) is 0 Å². The number of ether oxygens (including phenoxy) is 1. The van der Waals surface area contributed by atoms with Crippen molar-refractivity contribution in [2.24, 2.45) is 10.9 Å². The summed E-state index contributed by atoms with van der Waals surface area (Å²) in [5.74, 6) is 2.21. The summed E-state index contributed by atoms with van der Waals surface area (Å²) >= 11 is 0. The normalized spacial score (nSPS) is 19.9. The Morgan fingerprint density at radius 1 is 1.16 bits per heavy atom. The standard InChI is InChI=1S/C22H37N7O2.HI/c1-22(2,3)31-21(30)29-12-5-7-18(17-29)8-11-26-19(23-4)27-13-15-28(16-14-27)20-24-9-6-10-25-20;/h6,9-10,18H,5,7-8,11-17H2,1-4H3,(H,23,26);1H. The van der Waals surface area contributed by atoms with Gasteiger partial charge in [-0.05, 0) is 52.0 Å². The number of hydrogen-bond donors (Lipinski definition) is 1. The van der Waals surface area contributed by atoms with Crippen LogP contribution in [-0.4, -0.2) is 90.3 Å². The van der Waals surface area contributed by atoms with Crippen LogP contribution in [0.15, 0.2) is 23.5 Å². The summed E-state index contributed by atoms with van der Waals surface area (Å²) in [6.07, 6.45) is 6.56. The number of carbonyl (C=O) groups excluding carboxylic acids is 1. The van der Waals surface area contributed by atoms with Gasteiger partial charge >= 0.3 is 6.09 Å². The molecule has 1 N–H and O–H groups in total. The van der Waals surface area contributed by atoms with Gasteiger partial charge in [0.05, 0.1) is 0 Å². The predicted octanol–water partition coefficient (Wildman–Crippen LogP) is 2.83. The molecule has 1 atom stereocenters. The zero-order valence-corrected chi connectivity index (χ0v) is 22.1. The van der Waals surface area contributed by atoms with E-state index in [1.807, 2.05) is 38.8 Å². The maximum absolute atomic E-state index is 12.4. The summed E-state index contributed by atoms with van der Waals surface area (Å²) in [5.41, 5.74) is -0.450. The van der Waals surface area contributed by atoms with E-state index >= 15 is 0 Å². The van der Waals surface area contributed by atoms with E-state index in [4.69, 9.17) is 4.74 Å². The number of aromatic nitrogens is 2. The molecule has 32 heavy (non-hydrogen) atoms. The van der Waals surface area contributed by atoms with Crippen LogP contribution in [0.3, 0.4) is 0 Å². The van der Waals surface area contributed by atoms with E-state index in [9.17, 15) is 4.79 Å². The molecule has 9 nitrogen and oxygen atoms in total. The second-order valence-electron chi connectivity index (χ2n) is 9.22. The SMILES string of the molecule is CN=C(NCCC1CCCN(C(=O)OC(C)(C)C)C1)N1CCN(c2ncccn2)CC1.I. The highest BCUT2D eigenvalue weighted by Crippen LogP contribution is 2.21. The molecule has 2 aliphatic rings. The number of hydrogen-bond acceptors (Lipinski definition) is 6. The van der Waals surface area contributed by atoms with E-state index in [2.05, 4.69) is 30.1 Å². The lowest BCUT2D eigenvalue weighted by Gasteiger charge is -2.37. The number of halogens is 1. The molecule has 2 aliphatic heterocycles. The van der Waals surface area contributed by atoms with Crippen molar-refractivity contribution < 1.29 is 9.53 Å². The fourth-order valence-electron chi connectivity index (χ4n) is 4.09. The molecule has 0 saturated carbocycles. The Morgan fingerprint density at radius 2 is 1.84 bits per heavy atom. The van der Waals surface area contributed by atoms with Gasteiger partial charge in [-0.1, -0.05) is 0 Å². The van der Waals surface area contributed by atoms with Gasteiger partial charge in [0, 0.05) is 65.3 Å². The molecule has 1 unspecified atom stereocenters. The van der Waals surface area contributed by atoms with Gasteiger partial charge in [0.1, 0.15) is 5.60 Å². The lowest BCUT2D eigenvalue weighted by atomic mass is 9.95. The minimum atomic E-state index is -0.450. The van der Waals surface area contributed by atoms with Gasteiger partial charge in [0.15, 0.2) is 5.96 Å². The van der Waals surface area contributed by atoms with Gasteiger partial charge in [-0.15, -0.1) is 24.0 Å². The number of piperazine rings is 1. The number of rotatable bonds is 4. The van der Waals surface area contributed by atoms with Crippen LogP contribution in [0.2, 0.25) is 0 Å². The van der Waals surface area contributed by atoms with E-state index in [1.165, 1.54) is 0 Å². The van der Waals surface area contributed by atoms with E-state index in [1.54, 1.807) is 12.4 Å². The summed E-state index contributed by atoms with van der Waals surface area (Å²) in [7, 11) is 1.83. The average molecular weight is 559 g/mol. The van der Waals surface area contributed by atoms with Crippen LogP contribution in [0, 0.1) is 5.92 Å². The largest absolute Gasteiger partial charge is 0.444 e. The van der Waals surface area contributed by atoms with Crippen LogP contribution in [0.4, 0.5) is 10.7 Å². The van der Waals surface area contributed by atoms with Crippen molar-refractivity contribution >= 4 is 42.0 Å². The van der Waals surface area contributed by atoms with Crippen molar-refractivity contribution in [3.63, 3.8) is 0 Å². The number of piperidine rings is 1. The number of anilines is 1. The first kappa shape index (κ1) is 26.4. The molecule has 1 aromatic heterocycles. The molecule has 2 saturated heterocycles. The quantitative estimate of drug-likeness (QED) is 0.345. The molecular weight excluding hydrogens is 521 g/mol. The van der Waals surface area contributed by atoms with E-state index in [0.717, 1.165) is 77.0 Å². The first-order chi connectivity index (χ1) is 14.9. The van der Waals surface area contributed by atoms with Gasteiger partial charge in [0.25, 0.3) is 0 Å². The molecule has 10 heteroatoms. The van der Waals surface area contributed by atoms with Crippen molar-refractivity contribution in [2.75, 3.05) is 57.8 Å². The highest BCUT2D eigenvalue weighted by molar-refractivity contribution is 14.0. The molecule has 3 heterocycles. The number of nitrogens with one attached hydrogen (secondary N) is 1. The number of likely N-dealkylation sites (tertiary alicyclic amines) is 1. The molecule has 3 rings (SSSR count). The summed E-state index contributed by atoms with van der Waals surface area (Å²) < 4.78 is 5.54. The third-order valence-electron chi connectivity index (χ3n) is 5.63. The third-order valence-corrected chi connectivity index (χ3v) is 5.63. The summed E-state index contributed by atoms with van der Waals surface area (Å²) in [4.78, 5) is 31.9. The van der Waals surface area contributed by atoms with Crippen LogP contribution < -0.4 is 10.2 Å². The van der Waals surface area contributed by atoms with Crippen LogP contribution in [0.25, 0.3) is 0 Å². The van der Waals surface area contributed by atoms with Crippen LogP contribution in [0.5, 0.6) is 0 Å². The van der Waals surface area contributed by atoms with Crippen molar-refractivity contribution in [1.29, 1.82) is 0 Å². The highest BCUT2D eigenvalue weighted by Gasteiger charge is 2.27. The molecule has 0 bridgehead atoms. The molecule has 180 valence electrons. The minimum absolute atomic E-state index is 0. The van der Waals surface area contributed by atoms with Gasteiger partial charge in [0.2, 0.25) is 5.95 Å². The summed E-state index contributed by atoms with van der Waals surface area (Å²) in [6.45, 7) is 11.7.